The van der Waals surface area contributed by atoms with Crippen molar-refractivity contribution in [3.8, 4) is 0 Å². The molecule has 2 aliphatic rings. The number of ether oxygens (including phenoxy) is 1. The van der Waals surface area contributed by atoms with Gasteiger partial charge in [0.15, 0.2) is 0 Å². The van der Waals surface area contributed by atoms with E-state index in [1.54, 1.807) is 12.1 Å². The standard InChI is InChI=1S/C15H18FNO2/c16-13-5-1-11(2-6-13)9-14-10-17(7-8-19-14)15(18)12-3-4-12/h1-2,5-6,12,14H,3-4,7-10H2/t14-/m0/s1. The van der Waals surface area contributed by atoms with Gasteiger partial charge in [0.1, 0.15) is 5.82 Å². The topological polar surface area (TPSA) is 29.5 Å². The van der Waals surface area contributed by atoms with Crippen LogP contribution in [0.15, 0.2) is 24.3 Å². The molecule has 2 fully saturated rings. The van der Waals surface area contributed by atoms with Crippen LogP contribution in [-0.2, 0) is 16.0 Å². The van der Waals surface area contributed by atoms with E-state index in [9.17, 15) is 9.18 Å². The lowest BCUT2D eigenvalue weighted by atomic mass is 10.1. The fraction of sp³-hybridized carbons (Fsp3) is 0.533. The molecule has 3 rings (SSSR count). The summed E-state index contributed by atoms with van der Waals surface area (Å²) in [4.78, 5) is 13.9. The van der Waals surface area contributed by atoms with Gasteiger partial charge < -0.3 is 9.64 Å². The average molecular weight is 263 g/mol. The molecular formula is C15H18FNO2. The van der Waals surface area contributed by atoms with Crippen molar-refractivity contribution in [3.05, 3.63) is 35.6 Å². The maximum Gasteiger partial charge on any atom is 0.225 e. The second-order valence-corrected chi connectivity index (χ2v) is 5.38. The van der Waals surface area contributed by atoms with Crippen LogP contribution in [0.25, 0.3) is 0 Å². The molecule has 1 saturated carbocycles. The molecule has 1 aromatic carbocycles. The molecule has 0 N–H and O–H groups in total. The van der Waals surface area contributed by atoms with Crippen LogP contribution in [0, 0.1) is 11.7 Å². The number of benzene rings is 1. The highest BCUT2D eigenvalue weighted by molar-refractivity contribution is 5.81. The number of carbonyl (C=O) groups excluding carboxylic acids is 1. The molecule has 1 heterocycles. The summed E-state index contributed by atoms with van der Waals surface area (Å²) < 4.78 is 18.5. The van der Waals surface area contributed by atoms with E-state index in [2.05, 4.69) is 0 Å². The number of amides is 1. The van der Waals surface area contributed by atoms with Gasteiger partial charge in [0.25, 0.3) is 0 Å². The molecule has 1 atom stereocenters. The van der Waals surface area contributed by atoms with Crippen molar-refractivity contribution in [2.45, 2.75) is 25.4 Å². The van der Waals surface area contributed by atoms with Crippen LogP contribution in [0.4, 0.5) is 4.39 Å². The van der Waals surface area contributed by atoms with Crippen LogP contribution in [0.5, 0.6) is 0 Å². The number of hydrogen-bond donors (Lipinski definition) is 0. The molecule has 102 valence electrons. The molecule has 0 radical (unpaired) electrons. The smallest absolute Gasteiger partial charge is 0.225 e. The molecule has 1 aliphatic heterocycles. The first-order valence-corrected chi connectivity index (χ1v) is 6.87. The van der Waals surface area contributed by atoms with Gasteiger partial charge in [0, 0.05) is 25.4 Å². The Morgan fingerprint density at radius 3 is 2.74 bits per heavy atom. The molecule has 19 heavy (non-hydrogen) atoms. The molecule has 3 nitrogen and oxygen atoms in total. The fourth-order valence-electron chi connectivity index (χ4n) is 2.51. The minimum atomic E-state index is -0.223. The Hall–Kier alpha value is -1.42. The molecule has 4 heteroatoms. The van der Waals surface area contributed by atoms with Gasteiger partial charge in [0.2, 0.25) is 5.91 Å². The van der Waals surface area contributed by atoms with Gasteiger partial charge in [-0.25, -0.2) is 4.39 Å². The first kappa shape index (κ1) is 12.6. The Morgan fingerprint density at radius 1 is 1.32 bits per heavy atom. The summed E-state index contributed by atoms with van der Waals surface area (Å²) in [6, 6.07) is 6.48. The fourth-order valence-corrected chi connectivity index (χ4v) is 2.51. The highest BCUT2D eigenvalue weighted by Gasteiger charge is 2.35. The highest BCUT2D eigenvalue weighted by Crippen LogP contribution is 2.31. The average Bonchev–Trinajstić information content (AvgIpc) is 3.25. The lowest BCUT2D eigenvalue weighted by molar-refractivity contribution is -0.140. The minimum Gasteiger partial charge on any atom is -0.374 e. The second kappa shape index (κ2) is 5.29. The zero-order valence-electron chi connectivity index (χ0n) is 10.8. The van der Waals surface area contributed by atoms with Crippen LogP contribution in [0.3, 0.4) is 0 Å². The Bertz CT molecular complexity index is 456. The van der Waals surface area contributed by atoms with E-state index in [4.69, 9.17) is 4.74 Å². The SMILES string of the molecule is O=C(C1CC1)N1CCO[C@@H](Cc2ccc(F)cc2)C1. The van der Waals surface area contributed by atoms with Crippen molar-refractivity contribution in [1.82, 2.24) is 4.90 Å². The van der Waals surface area contributed by atoms with Gasteiger partial charge in [-0.3, -0.25) is 4.79 Å². The Morgan fingerprint density at radius 2 is 2.05 bits per heavy atom. The summed E-state index contributed by atoms with van der Waals surface area (Å²) in [6.45, 7) is 1.96. The number of rotatable bonds is 3. The molecule has 1 amide bonds. The molecule has 1 saturated heterocycles. The highest BCUT2D eigenvalue weighted by atomic mass is 19.1. The third-order valence-corrected chi connectivity index (χ3v) is 3.75. The van der Waals surface area contributed by atoms with E-state index in [1.165, 1.54) is 12.1 Å². The number of nitrogens with zero attached hydrogens (tertiary/aromatic N) is 1. The number of halogens is 1. The summed E-state index contributed by atoms with van der Waals surface area (Å²) >= 11 is 0. The van der Waals surface area contributed by atoms with E-state index in [0.29, 0.717) is 19.7 Å². The molecule has 0 bridgehead atoms. The van der Waals surface area contributed by atoms with E-state index in [-0.39, 0.29) is 23.7 Å². The summed E-state index contributed by atoms with van der Waals surface area (Å²) in [5.74, 6) is 0.329. The minimum absolute atomic E-state index is 0.0295. The van der Waals surface area contributed by atoms with Crippen LogP contribution in [0.2, 0.25) is 0 Å². The summed E-state index contributed by atoms with van der Waals surface area (Å²) in [7, 11) is 0. The van der Waals surface area contributed by atoms with Gasteiger partial charge in [-0.1, -0.05) is 12.1 Å². The van der Waals surface area contributed by atoms with Crippen molar-refractivity contribution < 1.29 is 13.9 Å². The van der Waals surface area contributed by atoms with E-state index in [0.717, 1.165) is 24.8 Å². The molecule has 1 aliphatic carbocycles. The van der Waals surface area contributed by atoms with Crippen molar-refractivity contribution in [2.24, 2.45) is 5.92 Å². The summed E-state index contributed by atoms with van der Waals surface area (Å²) in [6.07, 6.45) is 2.84. The normalized spacial score (nSPS) is 23.4. The van der Waals surface area contributed by atoms with Crippen LogP contribution >= 0.6 is 0 Å². The Labute approximate surface area is 112 Å². The van der Waals surface area contributed by atoms with E-state index >= 15 is 0 Å². The first-order chi connectivity index (χ1) is 9.22. The maximum absolute atomic E-state index is 12.8. The first-order valence-electron chi connectivity index (χ1n) is 6.87. The lowest BCUT2D eigenvalue weighted by Gasteiger charge is -2.33. The number of hydrogen-bond acceptors (Lipinski definition) is 2. The zero-order valence-corrected chi connectivity index (χ0v) is 10.8. The van der Waals surface area contributed by atoms with Crippen molar-refractivity contribution in [3.63, 3.8) is 0 Å². The summed E-state index contributed by atoms with van der Waals surface area (Å²) in [5, 5.41) is 0. The van der Waals surface area contributed by atoms with Crippen LogP contribution < -0.4 is 0 Å². The zero-order chi connectivity index (χ0) is 13.2. The predicted molar refractivity (Wildman–Crippen MR) is 69.1 cm³/mol. The molecule has 0 aromatic heterocycles. The predicted octanol–water partition coefficient (Wildman–Crippen LogP) is 2.01. The van der Waals surface area contributed by atoms with Gasteiger partial charge >= 0.3 is 0 Å². The van der Waals surface area contributed by atoms with E-state index < -0.39 is 0 Å². The number of morpholine rings is 1. The van der Waals surface area contributed by atoms with Crippen molar-refractivity contribution >= 4 is 5.91 Å². The maximum atomic E-state index is 12.8. The quantitative estimate of drug-likeness (QED) is 0.835. The summed E-state index contributed by atoms with van der Waals surface area (Å²) in [5.41, 5.74) is 1.05. The van der Waals surface area contributed by atoms with Gasteiger partial charge in [-0.05, 0) is 30.5 Å². The van der Waals surface area contributed by atoms with E-state index in [1.807, 2.05) is 4.90 Å². The molecule has 1 aromatic rings. The van der Waals surface area contributed by atoms with Crippen LogP contribution in [0.1, 0.15) is 18.4 Å². The Kier molecular flexibility index (Phi) is 3.51. The second-order valence-electron chi connectivity index (χ2n) is 5.38. The van der Waals surface area contributed by atoms with Crippen LogP contribution in [-0.4, -0.2) is 36.6 Å². The molecule has 0 unspecified atom stereocenters. The lowest BCUT2D eigenvalue weighted by Crippen LogP contribution is -2.46. The van der Waals surface area contributed by atoms with Crippen molar-refractivity contribution in [2.75, 3.05) is 19.7 Å². The Balaban J connectivity index is 1.58. The van der Waals surface area contributed by atoms with Crippen molar-refractivity contribution in [1.29, 1.82) is 0 Å². The monoisotopic (exact) mass is 263 g/mol. The number of carbonyl (C=O) groups is 1. The van der Waals surface area contributed by atoms with Gasteiger partial charge in [-0.15, -0.1) is 0 Å². The van der Waals surface area contributed by atoms with Gasteiger partial charge in [-0.2, -0.15) is 0 Å². The third kappa shape index (κ3) is 3.13. The molecular weight excluding hydrogens is 245 g/mol. The van der Waals surface area contributed by atoms with Gasteiger partial charge in [0.05, 0.1) is 12.7 Å². The molecule has 0 spiro atoms. The largest absolute Gasteiger partial charge is 0.374 e. The third-order valence-electron chi connectivity index (χ3n) is 3.75.